The van der Waals surface area contributed by atoms with E-state index in [-0.39, 0.29) is 23.9 Å². The van der Waals surface area contributed by atoms with Gasteiger partial charge in [0.2, 0.25) is 18.1 Å². The summed E-state index contributed by atoms with van der Waals surface area (Å²) in [6.07, 6.45) is 1.86. The molecule has 2 aromatic rings. The monoisotopic (exact) mass is 510 g/mol. The molecule has 1 aromatic carbocycles. The van der Waals surface area contributed by atoms with E-state index >= 15 is 0 Å². The first kappa shape index (κ1) is 26.5. The molecule has 10 nitrogen and oxygen atoms in total. The molecule has 2 fully saturated rings. The number of fused-ring (bicyclic) bond motifs is 1. The molecule has 37 heavy (non-hydrogen) atoms. The zero-order valence-electron chi connectivity index (χ0n) is 21.7. The Morgan fingerprint density at radius 2 is 1.97 bits per heavy atom. The second-order valence-electron chi connectivity index (χ2n) is 10.5. The normalized spacial score (nSPS) is 22.5. The summed E-state index contributed by atoms with van der Waals surface area (Å²) in [7, 11) is 0. The van der Waals surface area contributed by atoms with Crippen molar-refractivity contribution in [1.82, 2.24) is 20.5 Å². The van der Waals surface area contributed by atoms with E-state index in [9.17, 15) is 19.2 Å². The minimum atomic E-state index is -0.887. The van der Waals surface area contributed by atoms with Crippen molar-refractivity contribution in [3.63, 3.8) is 0 Å². The highest BCUT2D eigenvalue weighted by molar-refractivity contribution is 6.06. The van der Waals surface area contributed by atoms with Crippen LogP contribution in [-0.4, -0.2) is 71.1 Å². The molecule has 4 atom stereocenters. The van der Waals surface area contributed by atoms with Gasteiger partial charge in [0.15, 0.2) is 0 Å². The minimum absolute atomic E-state index is 0.00970. The van der Waals surface area contributed by atoms with Crippen LogP contribution in [0.3, 0.4) is 0 Å². The fraction of sp³-hybridized carbons (Fsp3) is 0.519. The number of nitrogens with zero attached hydrogens (tertiary/aromatic N) is 2. The Bertz CT molecular complexity index is 1190. The predicted molar refractivity (Wildman–Crippen MR) is 135 cm³/mol. The van der Waals surface area contributed by atoms with Crippen LogP contribution in [0.2, 0.25) is 0 Å². The summed E-state index contributed by atoms with van der Waals surface area (Å²) in [4.78, 5) is 57.9. The maximum Gasteiger partial charge on any atom is 0.310 e. The van der Waals surface area contributed by atoms with Gasteiger partial charge in [-0.1, -0.05) is 45.0 Å². The average Bonchev–Trinajstić information content (AvgIpc) is 3.48. The quantitative estimate of drug-likeness (QED) is 0.547. The van der Waals surface area contributed by atoms with Crippen molar-refractivity contribution in [2.75, 3.05) is 13.2 Å². The van der Waals surface area contributed by atoms with Gasteiger partial charge in [0.05, 0.1) is 6.42 Å². The third kappa shape index (κ3) is 5.74. The molecular formula is C27H34N4O6. The van der Waals surface area contributed by atoms with E-state index in [4.69, 9.17) is 9.47 Å². The maximum absolute atomic E-state index is 13.8. The van der Waals surface area contributed by atoms with Crippen molar-refractivity contribution in [1.29, 1.82) is 0 Å². The number of hydrogen-bond acceptors (Lipinski definition) is 7. The third-order valence-electron chi connectivity index (χ3n) is 6.74. The van der Waals surface area contributed by atoms with Gasteiger partial charge in [0.25, 0.3) is 5.91 Å². The van der Waals surface area contributed by atoms with Crippen LogP contribution in [0.15, 0.2) is 36.5 Å². The Balaban J connectivity index is 1.51. The second kappa shape index (κ2) is 10.8. The van der Waals surface area contributed by atoms with Crippen molar-refractivity contribution < 1.29 is 28.7 Å². The number of nitrogens with one attached hydrogen (secondary N) is 2. The molecule has 3 amide bonds. The fourth-order valence-electron chi connectivity index (χ4n) is 4.87. The number of esters is 1. The van der Waals surface area contributed by atoms with Crippen molar-refractivity contribution in [2.45, 2.75) is 71.4 Å². The molecule has 2 saturated heterocycles. The van der Waals surface area contributed by atoms with Gasteiger partial charge in [0.1, 0.15) is 23.8 Å². The van der Waals surface area contributed by atoms with Gasteiger partial charge in [0, 0.05) is 24.7 Å². The van der Waals surface area contributed by atoms with Gasteiger partial charge in [-0.05, 0) is 36.6 Å². The number of pyridine rings is 1. The van der Waals surface area contributed by atoms with Crippen LogP contribution in [0, 0.1) is 5.41 Å². The van der Waals surface area contributed by atoms with Crippen molar-refractivity contribution >= 4 is 34.5 Å². The first-order valence-electron chi connectivity index (χ1n) is 12.7. The highest BCUT2D eigenvalue weighted by atomic mass is 16.7. The summed E-state index contributed by atoms with van der Waals surface area (Å²) in [5.41, 5.74) is -0.393. The van der Waals surface area contributed by atoms with Crippen LogP contribution in [0.1, 0.15) is 57.4 Å². The number of carbonyl (C=O) groups excluding carboxylic acids is 4. The Morgan fingerprint density at radius 1 is 1.22 bits per heavy atom. The molecule has 2 N–H and O–H groups in total. The van der Waals surface area contributed by atoms with Crippen LogP contribution in [0.4, 0.5) is 0 Å². The molecule has 198 valence electrons. The summed E-state index contributed by atoms with van der Waals surface area (Å²) in [6, 6.07) is 7.03. The van der Waals surface area contributed by atoms with E-state index in [2.05, 4.69) is 15.6 Å². The molecule has 1 aromatic heterocycles. The highest BCUT2D eigenvalue weighted by Crippen LogP contribution is 2.27. The molecule has 0 radical (unpaired) electrons. The average molecular weight is 511 g/mol. The van der Waals surface area contributed by atoms with E-state index < -0.39 is 41.7 Å². The van der Waals surface area contributed by atoms with E-state index in [0.29, 0.717) is 31.4 Å². The Kier molecular flexibility index (Phi) is 7.77. The molecule has 3 heterocycles. The van der Waals surface area contributed by atoms with E-state index in [1.54, 1.807) is 13.1 Å². The minimum Gasteiger partial charge on any atom is -0.433 e. The number of cyclic esters (lactones) is 1. The van der Waals surface area contributed by atoms with Gasteiger partial charge in [-0.3, -0.25) is 24.2 Å². The van der Waals surface area contributed by atoms with E-state index in [1.807, 2.05) is 51.1 Å². The summed E-state index contributed by atoms with van der Waals surface area (Å²) in [5, 5.41) is 7.29. The van der Waals surface area contributed by atoms with E-state index in [0.717, 1.165) is 5.39 Å². The summed E-state index contributed by atoms with van der Waals surface area (Å²) >= 11 is 0. The molecule has 0 aliphatic carbocycles. The van der Waals surface area contributed by atoms with Crippen LogP contribution < -0.4 is 10.6 Å². The Hall–Kier alpha value is -3.53. The third-order valence-corrected chi connectivity index (χ3v) is 6.74. The zero-order valence-corrected chi connectivity index (χ0v) is 21.7. The number of hydrogen-bond donors (Lipinski definition) is 2. The Morgan fingerprint density at radius 3 is 2.70 bits per heavy atom. The lowest BCUT2D eigenvalue weighted by Gasteiger charge is -2.35. The van der Waals surface area contributed by atoms with Gasteiger partial charge in [-0.2, -0.15) is 0 Å². The molecular weight excluding hydrogens is 476 g/mol. The number of likely N-dealkylation sites (tertiary alicyclic amines) is 1. The zero-order chi connectivity index (χ0) is 26.7. The largest absolute Gasteiger partial charge is 0.433 e. The lowest BCUT2D eigenvalue weighted by molar-refractivity contribution is -0.164. The number of amides is 3. The van der Waals surface area contributed by atoms with Crippen LogP contribution in [-0.2, 0) is 23.9 Å². The van der Waals surface area contributed by atoms with Crippen molar-refractivity contribution in [3.05, 3.63) is 42.2 Å². The van der Waals surface area contributed by atoms with Crippen molar-refractivity contribution in [3.8, 4) is 0 Å². The fourth-order valence-corrected chi connectivity index (χ4v) is 4.87. The van der Waals surface area contributed by atoms with Crippen LogP contribution in [0.5, 0.6) is 0 Å². The van der Waals surface area contributed by atoms with Crippen molar-refractivity contribution in [2.24, 2.45) is 5.41 Å². The molecule has 10 heteroatoms. The number of aromatic nitrogens is 1. The second-order valence-corrected chi connectivity index (χ2v) is 10.5. The number of benzene rings is 1. The smallest absolute Gasteiger partial charge is 0.310 e. The number of rotatable bonds is 7. The summed E-state index contributed by atoms with van der Waals surface area (Å²) in [5.74, 6) is -1.60. The molecule has 1 unspecified atom stereocenters. The SMILES string of the molecule is CCOC1OC(=O)C[C@@H]1NC(=O)[C@@H]1CCCN1C(=O)[C@@H](NC(=O)c1nccc2ccccc12)C(C)(C)C. The lowest BCUT2D eigenvalue weighted by atomic mass is 9.85. The Labute approximate surface area is 216 Å². The maximum atomic E-state index is 13.8. The number of ether oxygens (including phenoxy) is 2. The topological polar surface area (TPSA) is 127 Å². The summed E-state index contributed by atoms with van der Waals surface area (Å²) < 4.78 is 10.6. The molecule has 2 aliphatic heterocycles. The van der Waals surface area contributed by atoms with E-state index in [1.165, 1.54) is 4.90 Å². The van der Waals surface area contributed by atoms with Gasteiger partial charge in [-0.25, -0.2) is 0 Å². The molecule has 0 spiro atoms. The lowest BCUT2D eigenvalue weighted by Crippen LogP contribution is -2.58. The highest BCUT2D eigenvalue weighted by Gasteiger charge is 2.44. The first-order chi connectivity index (χ1) is 17.6. The predicted octanol–water partition coefficient (Wildman–Crippen LogP) is 2.16. The molecule has 0 saturated carbocycles. The first-order valence-corrected chi connectivity index (χ1v) is 12.7. The number of carbonyl (C=O) groups is 4. The van der Waals surface area contributed by atoms with Gasteiger partial charge in [-0.15, -0.1) is 0 Å². The van der Waals surface area contributed by atoms with Gasteiger partial charge < -0.3 is 25.0 Å². The molecule has 0 bridgehead atoms. The van der Waals surface area contributed by atoms with Crippen LogP contribution >= 0.6 is 0 Å². The van der Waals surface area contributed by atoms with Gasteiger partial charge >= 0.3 is 5.97 Å². The van der Waals surface area contributed by atoms with Crippen LogP contribution in [0.25, 0.3) is 10.8 Å². The molecule has 4 rings (SSSR count). The molecule has 2 aliphatic rings. The standard InChI is InChI=1S/C27H34N4O6/c1-5-36-26-18(15-20(32)37-26)29-23(33)19-11-8-14-31(19)25(35)22(27(2,3)4)30-24(34)21-17-10-7-6-9-16(17)12-13-28-21/h6-7,9-10,12-13,18-19,22,26H,5,8,11,14-15H2,1-4H3,(H,29,33)(H,30,34)/t18-,19-,22+,26?/m0/s1. The summed E-state index contributed by atoms with van der Waals surface area (Å²) in [6.45, 7) is 8.10.